The van der Waals surface area contributed by atoms with E-state index in [4.69, 9.17) is 4.74 Å². The second kappa shape index (κ2) is 10.4. The smallest absolute Gasteiger partial charge is 0.306 e. The normalized spacial score (nSPS) is 10.0. The van der Waals surface area contributed by atoms with Crippen LogP contribution in [0.15, 0.2) is 59.1 Å². The van der Waals surface area contributed by atoms with E-state index in [1.54, 1.807) is 24.3 Å². The SMILES string of the molecule is O=C(CCC(=O)OCC(=O)Nc1ccc(Br)cc1)NCc1ccccc1. The van der Waals surface area contributed by atoms with E-state index >= 15 is 0 Å². The number of ether oxygens (including phenoxy) is 1. The summed E-state index contributed by atoms with van der Waals surface area (Å²) < 4.78 is 5.77. The topological polar surface area (TPSA) is 84.5 Å². The van der Waals surface area contributed by atoms with Gasteiger partial charge in [0.2, 0.25) is 5.91 Å². The Morgan fingerprint density at radius 2 is 1.58 bits per heavy atom. The van der Waals surface area contributed by atoms with Crippen LogP contribution in [0.3, 0.4) is 0 Å². The van der Waals surface area contributed by atoms with Crippen LogP contribution in [0.25, 0.3) is 0 Å². The molecule has 0 atom stereocenters. The van der Waals surface area contributed by atoms with Gasteiger partial charge in [0.25, 0.3) is 5.91 Å². The predicted molar refractivity (Wildman–Crippen MR) is 101 cm³/mol. The maximum absolute atomic E-state index is 11.7. The van der Waals surface area contributed by atoms with Crippen molar-refractivity contribution < 1.29 is 19.1 Å². The van der Waals surface area contributed by atoms with Crippen LogP contribution < -0.4 is 10.6 Å². The second-order valence-corrected chi connectivity index (χ2v) is 6.39. The third-order valence-corrected chi connectivity index (χ3v) is 3.91. The van der Waals surface area contributed by atoms with Crippen LogP contribution in [-0.2, 0) is 25.7 Å². The molecule has 2 amide bonds. The zero-order chi connectivity index (χ0) is 18.8. The lowest BCUT2D eigenvalue weighted by Crippen LogP contribution is -2.25. The fourth-order valence-corrected chi connectivity index (χ4v) is 2.31. The fraction of sp³-hybridized carbons (Fsp3) is 0.211. The highest BCUT2D eigenvalue weighted by molar-refractivity contribution is 9.10. The second-order valence-electron chi connectivity index (χ2n) is 5.48. The number of carbonyl (C=O) groups excluding carboxylic acids is 3. The molecule has 2 N–H and O–H groups in total. The van der Waals surface area contributed by atoms with Gasteiger partial charge in [-0.05, 0) is 29.8 Å². The third kappa shape index (κ3) is 7.48. The number of halogens is 1. The molecule has 0 aliphatic rings. The summed E-state index contributed by atoms with van der Waals surface area (Å²) in [5.74, 6) is -1.27. The fourth-order valence-electron chi connectivity index (χ4n) is 2.05. The molecule has 0 saturated heterocycles. The molecule has 2 rings (SSSR count). The van der Waals surface area contributed by atoms with Crippen LogP contribution in [0, 0.1) is 0 Å². The number of benzene rings is 2. The summed E-state index contributed by atoms with van der Waals surface area (Å²) in [5.41, 5.74) is 1.59. The summed E-state index contributed by atoms with van der Waals surface area (Å²) in [5, 5.41) is 5.34. The first-order valence-corrected chi connectivity index (χ1v) is 8.84. The van der Waals surface area contributed by atoms with Gasteiger partial charge in [-0.2, -0.15) is 0 Å². The molecule has 0 spiro atoms. The third-order valence-electron chi connectivity index (χ3n) is 3.38. The molecule has 6 nitrogen and oxygen atoms in total. The summed E-state index contributed by atoms with van der Waals surface area (Å²) in [6.07, 6.45) is -0.0633. The molecule has 7 heteroatoms. The van der Waals surface area contributed by atoms with Gasteiger partial charge in [-0.15, -0.1) is 0 Å². The Hall–Kier alpha value is -2.67. The van der Waals surface area contributed by atoms with Gasteiger partial charge in [0.15, 0.2) is 6.61 Å². The van der Waals surface area contributed by atoms with Crippen molar-refractivity contribution in [3.8, 4) is 0 Å². The van der Waals surface area contributed by atoms with E-state index in [0.29, 0.717) is 12.2 Å². The monoisotopic (exact) mass is 418 g/mol. The number of rotatable bonds is 8. The number of amides is 2. The minimum absolute atomic E-state index is 0.0139. The van der Waals surface area contributed by atoms with Crippen molar-refractivity contribution in [3.05, 3.63) is 64.6 Å². The lowest BCUT2D eigenvalue weighted by Gasteiger charge is -2.07. The maximum Gasteiger partial charge on any atom is 0.306 e. The Kier molecular flexibility index (Phi) is 7.82. The van der Waals surface area contributed by atoms with Crippen LogP contribution in [0.5, 0.6) is 0 Å². The molecule has 0 fully saturated rings. The molecule has 0 saturated carbocycles. The van der Waals surface area contributed by atoms with Gasteiger partial charge in [0, 0.05) is 23.1 Å². The highest BCUT2D eigenvalue weighted by Gasteiger charge is 2.10. The van der Waals surface area contributed by atoms with Crippen LogP contribution in [0.4, 0.5) is 5.69 Å². The van der Waals surface area contributed by atoms with Crippen LogP contribution in [0.1, 0.15) is 18.4 Å². The van der Waals surface area contributed by atoms with E-state index < -0.39 is 11.9 Å². The Labute approximate surface area is 160 Å². The zero-order valence-corrected chi connectivity index (χ0v) is 15.6. The van der Waals surface area contributed by atoms with E-state index in [1.807, 2.05) is 30.3 Å². The number of esters is 1. The molecular formula is C19H19BrN2O4. The molecule has 0 aliphatic heterocycles. The molecule has 0 aromatic heterocycles. The van der Waals surface area contributed by atoms with Crippen molar-refractivity contribution in [1.29, 1.82) is 0 Å². The average molecular weight is 419 g/mol. The maximum atomic E-state index is 11.7. The molecule has 0 heterocycles. The molecule has 0 radical (unpaired) electrons. The number of carbonyl (C=O) groups is 3. The first-order valence-electron chi connectivity index (χ1n) is 8.04. The summed E-state index contributed by atoms with van der Waals surface area (Å²) >= 11 is 3.30. The lowest BCUT2D eigenvalue weighted by molar-refractivity contribution is -0.148. The van der Waals surface area contributed by atoms with Crippen molar-refractivity contribution in [3.63, 3.8) is 0 Å². The van der Waals surface area contributed by atoms with E-state index in [9.17, 15) is 14.4 Å². The zero-order valence-electron chi connectivity index (χ0n) is 14.0. The molecule has 26 heavy (non-hydrogen) atoms. The predicted octanol–water partition coefficient (Wildman–Crippen LogP) is 3.03. The lowest BCUT2D eigenvalue weighted by atomic mass is 10.2. The standard InChI is InChI=1S/C19H19BrN2O4/c20-15-6-8-16(9-7-15)22-18(24)13-26-19(25)11-10-17(23)21-12-14-4-2-1-3-5-14/h1-9H,10-13H2,(H,21,23)(H,22,24). The first kappa shape index (κ1) is 19.7. The van der Waals surface area contributed by atoms with E-state index in [1.165, 1.54) is 0 Å². The molecule has 136 valence electrons. The van der Waals surface area contributed by atoms with Gasteiger partial charge >= 0.3 is 5.97 Å². The average Bonchev–Trinajstić information content (AvgIpc) is 2.65. The molecule has 2 aromatic rings. The quantitative estimate of drug-likeness (QED) is 0.645. The Morgan fingerprint density at radius 1 is 0.885 bits per heavy atom. The molecule has 0 aliphatic carbocycles. The minimum atomic E-state index is -0.592. The Morgan fingerprint density at radius 3 is 2.27 bits per heavy atom. The Bertz CT molecular complexity index is 748. The van der Waals surface area contributed by atoms with E-state index in [2.05, 4.69) is 26.6 Å². The highest BCUT2D eigenvalue weighted by Crippen LogP contribution is 2.13. The molecule has 0 bridgehead atoms. The van der Waals surface area contributed by atoms with Gasteiger partial charge in [-0.25, -0.2) is 0 Å². The minimum Gasteiger partial charge on any atom is -0.456 e. The largest absolute Gasteiger partial charge is 0.456 e. The first-order chi connectivity index (χ1) is 12.5. The number of hydrogen-bond donors (Lipinski definition) is 2. The molecule has 2 aromatic carbocycles. The summed E-state index contributed by atoms with van der Waals surface area (Å²) in [6.45, 7) is 0.0187. The van der Waals surface area contributed by atoms with Gasteiger partial charge in [0.1, 0.15) is 0 Å². The number of anilines is 1. The number of hydrogen-bond acceptors (Lipinski definition) is 4. The van der Waals surface area contributed by atoms with Crippen molar-refractivity contribution in [2.75, 3.05) is 11.9 Å². The Balaban J connectivity index is 1.61. The summed E-state index contributed by atoms with van der Waals surface area (Å²) in [4.78, 5) is 35.1. The molecular weight excluding hydrogens is 400 g/mol. The van der Waals surface area contributed by atoms with Gasteiger partial charge in [-0.1, -0.05) is 46.3 Å². The van der Waals surface area contributed by atoms with Crippen molar-refractivity contribution in [1.82, 2.24) is 5.32 Å². The van der Waals surface area contributed by atoms with Crippen molar-refractivity contribution in [2.45, 2.75) is 19.4 Å². The molecule has 0 unspecified atom stereocenters. The summed E-state index contributed by atoms with van der Waals surface area (Å²) in [6, 6.07) is 16.5. The van der Waals surface area contributed by atoms with E-state index in [0.717, 1.165) is 10.0 Å². The van der Waals surface area contributed by atoms with E-state index in [-0.39, 0.29) is 25.4 Å². The van der Waals surface area contributed by atoms with Crippen LogP contribution in [-0.4, -0.2) is 24.4 Å². The van der Waals surface area contributed by atoms with Crippen molar-refractivity contribution in [2.24, 2.45) is 0 Å². The van der Waals surface area contributed by atoms with Gasteiger partial charge < -0.3 is 15.4 Å². The van der Waals surface area contributed by atoms with Gasteiger partial charge in [-0.3, -0.25) is 14.4 Å². The van der Waals surface area contributed by atoms with Crippen molar-refractivity contribution >= 4 is 39.4 Å². The highest BCUT2D eigenvalue weighted by atomic mass is 79.9. The number of nitrogens with one attached hydrogen (secondary N) is 2. The van der Waals surface area contributed by atoms with Gasteiger partial charge in [0.05, 0.1) is 6.42 Å². The summed E-state index contributed by atoms with van der Waals surface area (Å²) in [7, 11) is 0. The van der Waals surface area contributed by atoms with Crippen LogP contribution in [0.2, 0.25) is 0 Å². The van der Waals surface area contributed by atoms with Crippen LogP contribution >= 0.6 is 15.9 Å².